The molecule has 2 rings (SSSR count). The summed E-state index contributed by atoms with van der Waals surface area (Å²) in [5.41, 5.74) is 3.67. The number of rotatable bonds is 2. The Labute approximate surface area is 110 Å². The summed E-state index contributed by atoms with van der Waals surface area (Å²) in [5, 5.41) is 8.65. The summed E-state index contributed by atoms with van der Waals surface area (Å²) in [7, 11) is 0. The van der Waals surface area contributed by atoms with Gasteiger partial charge in [0.05, 0.1) is 6.07 Å². The van der Waals surface area contributed by atoms with E-state index in [9.17, 15) is 0 Å². The molecule has 1 aromatic carbocycles. The second-order valence-electron chi connectivity index (χ2n) is 5.54. The van der Waals surface area contributed by atoms with E-state index in [1.807, 2.05) is 6.92 Å². The SMILES string of the molecule is CC(=CC#N)c1ccc(C2CCC(C)CC2)cc1. The molecular weight excluding hydrogens is 218 g/mol. The fourth-order valence-corrected chi connectivity index (χ4v) is 2.79. The Morgan fingerprint density at radius 1 is 1.17 bits per heavy atom. The maximum Gasteiger partial charge on any atom is 0.0915 e. The van der Waals surface area contributed by atoms with Gasteiger partial charge in [-0.05, 0) is 48.3 Å². The Bertz CT molecular complexity index is 453. The molecule has 1 aromatic rings. The summed E-state index contributed by atoms with van der Waals surface area (Å²) in [6.07, 6.45) is 6.98. The third kappa shape index (κ3) is 3.01. The van der Waals surface area contributed by atoms with E-state index in [1.165, 1.54) is 31.2 Å². The molecule has 94 valence electrons. The second kappa shape index (κ2) is 5.87. The van der Waals surface area contributed by atoms with Gasteiger partial charge in [0.2, 0.25) is 0 Å². The highest BCUT2D eigenvalue weighted by molar-refractivity contribution is 5.65. The highest BCUT2D eigenvalue weighted by Crippen LogP contribution is 2.35. The second-order valence-corrected chi connectivity index (χ2v) is 5.54. The van der Waals surface area contributed by atoms with Crippen LogP contribution in [0.4, 0.5) is 0 Å². The third-order valence-electron chi connectivity index (χ3n) is 4.13. The first-order chi connectivity index (χ1) is 8.70. The molecule has 1 aliphatic carbocycles. The molecule has 1 fully saturated rings. The molecule has 0 bridgehead atoms. The van der Waals surface area contributed by atoms with Crippen molar-refractivity contribution in [2.75, 3.05) is 0 Å². The van der Waals surface area contributed by atoms with Crippen LogP contribution in [0, 0.1) is 17.2 Å². The maximum atomic E-state index is 8.65. The van der Waals surface area contributed by atoms with Crippen LogP contribution in [-0.2, 0) is 0 Å². The van der Waals surface area contributed by atoms with Crippen molar-refractivity contribution in [3.05, 3.63) is 41.5 Å². The molecule has 0 saturated heterocycles. The summed E-state index contributed by atoms with van der Waals surface area (Å²) < 4.78 is 0. The monoisotopic (exact) mass is 239 g/mol. The summed E-state index contributed by atoms with van der Waals surface area (Å²) in [6, 6.07) is 10.9. The molecule has 1 nitrogen and oxygen atoms in total. The zero-order chi connectivity index (χ0) is 13.0. The standard InChI is InChI=1S/C17H21N/c1-13-3-5-16(6-4-13)17-9-7-15(8-10-17)14(2)11-12-18/h7-11,13,16H,3-6H2,1-2H3. The minimum Gasteiger partial charge on any atom is -0.193 e. The minimum absolute atomic E-state index is 0.746. The van der Waals surface area contributed by atoms with Crippen LogP contribution in [0.5, 0.6) is 0 Å². The first-order valence-electron chi connectivity index (χ1n) is 6.87. The van der Waals surface area contributed by atoms with Crippen molar-refractivity contribution in [2.24, 2.45) is 5.92 Å². The Morgan fingerprint density at radius 3 is 2.33 bits per heavy atom. The van der Waals surface area contributed by atoms with Crippen LogP contribution in [0.25, 0.3) is 5.57 Å². The molecular formula is C17H21N. The van der Waals surface area contributed by atoms with Crippen molar-refractivity contribution in [3.8, 4) is 6.07 Å². The van der Waals surface area contributed by atoms with E-state index in [-0.39, 0.29) is 0 Å². The lowest BCUT2D eigenvalue weighted by Gasteiger charge is -2.26. The maximum absolute atomic E-state index is 8.65. The van der Waals surface area contributed by atoms with Crippen LogP contribution in [0.3, 0.4) is 0 Å². The number of benzene rings is 1. The Kier molecular flexibility index (Phi) is 4.20. The first-order valence-corrected chi connectivity index (χ1v) is 6.87. The molecule has 1 aliphatic rings. The molecule has 0 atom stereocenters. The first kappa shape index (κ1) is 12.9. The highest BCUT2D eigenvalue weighted by Gasteiger charge is 2.19. The molecule has 1 saturated carbocycles. The van der Waals surface area contributed by atoms with Gasteiger partial charge in [0.1, 0.15) is 0 Å². The van der Waals surface area contributed by atoms with E-state index in [4.69, 9.17) is 5.26 Å². The normalized spacial score (nSPS) is 24.6. The zero-order valence-corrected chi connectivity index (χ0v) is 11.3. The summed E-state index contributed by atoms with van der Waals surface area (Å²) in [6.45, 7) is 4.34. The Morgan fingerprint density at radius 2 is 1.78 bits per heavy atom. The van der Waals surface area contributed by atoms with Gasteiger partial charge < -0.3 is 0 Å². The molecule has 0 amide bonds. The molecule has 0 aromatic heterocycles. The number of nitrogens with zero attached hydrogens (tertiary/aromatic N) is 1. The van der Waals surface area contributed by atoms with Crippen molar-refractivity contribution in [3.63, 3.8) is 0 Å². The van der Waals surface area contributed by atoms with Crippen molar-refractivity contribution in [2.45, 2.75) is 45.4 Å². The van der Waals surface area contributed by atoms with Gasteiger partial charge in [0, 0.05) is 6.08 Å². The van der Waals surface area contributed by atoms with Crippen molar-refractivity contribution in [1.29, 1.82) is 5.26 Å². The van der Waals surface area contributed by atoms with Gasteiger partial charge in [0.15, 0.2) is 0 Å². The largest absolute Gasteiger partial charge is 0.193 e. The molecule has 18 heavy (non-hydrogen) atoms. The van der Waals surface area contributed by atoms with Gasteiger partial charge in [0.25, 0.3) is 0 Å². The van der Waals surface area contributed by atoms with E-state index in [1.54, 1.807) is 6.08 Å². The fraction of sp³-hybridized carbons (Fsp3) is 0.471. The van der Waals surface area contributed by atoms with E-state index in [0.29, 0.717) is 0 Å². The van der Waals surface area contributed by atoms with Crippen LogP contribution < -0.4 is 0 Å². The van der Waals surface area contributed by atoms with Gasteiger partial charge in [-0.3, -0.25) is 0 Å². The Hall–Kier alpha value is -1.55. The van der Waals surface area contributed by atoms with Crippen LogP contribution in [-0.4, -0.2) is 0 Å². The summed E-state index contributed by atoms with van der Waals surface area (Å²) >= 11 is 0. The Balaban J connectivity index is 2.09. The number of hydrogen-bond donors (Lipinski definition) is 0. The van der Waals surface area contributed by atoms with Crippen molar-refractivity contribution in [1.82, 2.24) is 0 Å². The topological polar surface area (TPSA) is 23.8 Å². The molecule has 0 radical (unpaired) electrons. The van der Waals surface area contributed by atoms with Gasteiger partial charge in [-0.25, -0.2) is 0 Å². The molecule has 0 aliphatic heterocycles. The summed E-state index contributed by atoms with van der Waals surface area (Å²) in [5.74, 6) is 1.65. The molecule has 0 unspecified atom stereocenters. The quantitative estimate of drug-likeness (QED) is 0.673. The van der Waals surface area contributed by atoms with E-state index in [2.05, 4.69) is 37.3 Å². The minimum atomic E-state index is 0.746. The van der Waals surface area contributed by atoms with Crippen molar-refractivity contribution < 1.29 is 0 Å². The average Bonchev–Trinajstić information content (AvgIpc) is 2.40. The lowest BCUT2D eigenvalue weighted by Crippen LogP contribution is -2.10. The number of allylic oxidation sites excluding steroid dienone is 2. The van der Waals surface area contributed by atoms with E-state index >= 15 is 0 Å². The molecule has 0 spiro atoms. The predicted octanol–water partition coefficient (Wildman–Crippen LogP) is 4.91. The number of hydrogen-bond acceptors (Lipinski definition) is 1. The number of nitriles is 1. The smallest absolute Gasteiger partial charge is 0.0915 e. The van der Waals surface area contributed by atoms with E-state index < -0.39 is 0 Å². The predicted molar refractivity (Wildman–Crippen MR) is 76.1 cm³/mol. The lowest BCUT2D eigenvalue weighted by atomic mass is 9.79. The summed E-state index contributed by atoms with van der Waals surface area (Å²) in [4.78, 5) is 0. The van der Waals surface area contributed by atoms with E-state index in [0.717, 1.165) is 23.0 Å². The molecule has 1 heteroatoms. The third-order valence-corrected chi connectivity index (χ3v) is 4.13. The van der Waals surface area contributed by atoms with Gasteiger partial charge >= 0.3 is 0 Å². The zero-order valence-electron chi connectivity index (χ0n) is 11.3. The van der Waals surface area contributed by atoms with Gasteiger partial charge in [-0.2, -0.15) is 5.26 Å². The molecule has 0 heterocycles. The van der Waals surface area contributed by atoms with Crippen LogP contribution in [0.2, 0.25) is 0 Å². The highest BCUT2D eigenvalue weighted by atomic mass is 14.2. The van der Waals surface area contributed by atoms with Crippen LogP contribution in [0.15, 0.2) is 30.3 Å². The van der Waals surface area contributed by atoms with Gasteiger partial charge in [-0.1, -0.05) is 44.0 Å². The molecule has 0 N–H and O–H groups in total. The van der Waals surface area contributed by atoms with Crippen LogP contribution in [0.1, 0.15) is 56.6 Å². The average molecular weight is 239 g/mol. The lowest BCUT2D eigenvalue weighted by molar-refractivity contribution is 0.348. The fourth-order valence-electron chi connectivity index (χ4n) is 2.79. The van der Waals surface area contributed by atoms with Crippen LogP contribution >= 0.6 is 0 Å². The van der Waals surface area contributed by atoms with Crippen molar-refractivity contribution >= 4 is 5.57 Å². The van der Waals surface area contributed by atoms with Gasteiger partial charge in [-0.15, -0.1) is 0 Å².